The van der Waals surface area contributed by atoms with Crippen LogP contribution in [0.25, 0.3) is 5.69 Å². The Hall–Kier alpha value is -3.14. The highest BCUT2D eigenvalue weighted by Gasteiger charge is 2.10. The van der Waals surface area contributed by atoms with Gasteiger partial charge in [-0.05, 0) is 69.7 Å². The van der Waals surface area contributed by atoms with Gasteiger partial charge in [-0.2, -0.15) is 0 Å². The van der Waals surface area contributed by atoms with Gasteiger partial charge in [-0.25, -0.2) is 4.79 Å². The van der Waals surface area contributed by atoms with Crippen LogP contribution in [-0.4, -0.2) is 23.4 Å². The smallest absolute Gasteiger partial charge is 0.338 e. The Morgan fingerprint density at radius 2 is 1.85 bits per heavy atom. The number of esters is 1. The van der Waals surface area contributed by atoms with Gasteiger partial charge in [0.25, 0.3) is 0 Å². The van der Waals surface area contributed by atoms with E-state index in [0.717, 1.165) is 28.3 Å². The van der Waals surface area contributed by atoms with Crippen LogP contribution in [0.4, 0.5) is 5.69 Å². The molecule has 2 aromatic carbocycles. The summed E-state index contributed by atoms with van der Waals surface area (Å²) in [5.74, 6) is -0.327. The molecule has 4 nitrogen and oxygen atoms in total. The number of rotatable bonds is 5. The Kier molecular flexibility index (Phi) is 5.55. The molecule has 0 aliphatic rings. The van der Waals surface area contributed by atoms with E-state index >= 15 is 0 Å². The lowest BCUT2D eigenvalue weighted by Crippen LogP contribution is -2.03. The first-order valence-electron chi connectivity index (χ1n) is 9.07. The number of nitrogens with zero attached hydrogens (tertiary/aromatic N) is 2. The van der Waals surface area contributed by atoms with Crippen molar-refractivity contribution in [3.05, 3.63) is 82.7 Å². The molecule has 1 aromatic heterocycles. The van der Waals surface area contributed by atoms with Crippen LogP contribution >= 0.6 is 0 Å². The van der Waals surface area contributed by atoms with E-state index in [1.165, 1.54) is 5.56 Å². The van der Waals surface area contributed by atoms with Crippen molar-refractivity contribution in [1.82, 2.24) is 4.57 Å². The van der Waals surface area contributed by atoms with Crippen LogP contribution in [0.15, 0.2) is 59.6 Å². The van der Waals surface area contributed by atoms with Crippen LogP contribution in [0, 0.1) is 20.8 Å². The largest absolute Gasteiger partial charge is 0.462 e. The zero-order valence-electron chi connectivity index (χ0n) is 16.2. The maximum Gasteiger partial charge on any atom is 0.338 e. The molecule has 0 unspecified atom stereocenters. The van der Waals surface area contributed by atoms with E-state index in [1.807, 2.05) is 18.3 Å². The molecule has 1 heterocycles. The SMILES string of the molecule is CCOC(=O)c1cccc(N=Cc2cc(C)n(-c3cccc(C)c3)c2C)c1. The molecule has 0 spiro atoms. The zero-order valence-corrected chi connectivity index (χ0v) is 16.2. The van der Waals surface area contributed by atoms with Gasteiger partial charge in [-0.3, -0.25) is 4.99 Å². The van der Waals surface area contributed by atoms with Crippen LogP contribution in [-0.2, 0) is 4.74 Å². The minimum absolute atomic E-state index is 0.327. The van der Waals surface area contributed by atoms with Crippen molar-refractivity contribution in [2.45, 2.75) is 27.7 Å². The number of aromatic nitrogens is 1. The topological polar surface area (TPSA) is 43.6 Å². The summed E-state index contributed by atoms with van der Waals surface area (Å²) in [7, 11) is 0. The lowest BCUT2D eigenvalue weighted by Gasteiger charge is -2.10. The second-order valence-corrected chi connectivity index (χ2v) is 6.53. The molecule has 0 aliphatic heterocycles. The first kappa shape index (κ1) is 18.6. The van der Waals surface area contributed by atoms with Crippen molar-refractivity contribution >= 4 is 17.9 Å². The Balaban J connectivity index is 1.90. The normalized spacial score (nSPS) is 11.1. The van der Waals surface area contributed by atoms with Crippen LogP contribution in [0.2, 0.25) is 0 Å². The number of hydrogen-bond acceptors (Lipinski definition) is 3. The molecular weight excluding hydrogens is 336 g/mol. The second-order valence-electron chi connectivity index (χ2n) is 6.53. The molecule has 0 amide bonds. The number of hydrogen-bond donors (Lipinski definition) is 0. The fourth-order valence-corrected chi connectivity index (χ4v) is 3.15. The van der Waals surface area contributed by atoms with E-state index in [4.69, 9.17) is 4.74 Å². The Bertz CT molecular complexity index is 999. The van der Waals surface area contributed by atoms with E-state index < -0.39 is 0 Å². The van der Waals surface area contributed by atoms with Crippen molar-refractivity contribution < 1.29 is 9.53 Å². The van der Waals surface area contributed by atoms with Crippen LogP contribution in [0.3, 0.4) is 0 Å². The summed E-state index contributed by atoms with van der Waals surface area (Å²) in [4.78, 5) is 16.4. The van der Waals surface area contributed by atoms with Gasteiger partial charge in [0.05, 0.1) is 17.9 Å². The van der Waals surface area contributed by atoms with Gasteiger partial charge >= 0.3 is 5.97 Å². The summed E-state index contributed by atoms with van der Waals surface area (Å²) >= 11 is 0. The lowest BCUT2D eigenvalue weighted by molar-refractivity contribution is 0.0526. The highest BCUT2D eigenvalue weighted by molar-refractivity contribution is 5.91. The molecule has 0 bridgehead atoms. The molecule has 0 radical (unpaired) electrons. The number of carbonyl (C=O) groups excluding carboxylic acids is 1. The second kappa shape index (κ2) is 8.04. The third-order valence-corrected chi connectivity index (χ3v) is 4.44. The van der Waals surface area contributed by atoms with E-state index in [9.17, 15) is 4.79 Å². The third kappa shape index (κ3) is 4.17. The van der Waals surface area contributed by atoms with E-state index in [1.54, 1.807) is 19.1 Å². The molecule has 0 fully saturated rings. The molecule has 3 rings (SSSR count). The molecule has 0 aliphatic carbocycles. The third-order valence-electron chi connectivity index (χ3n) is 4.44. The average Bonchev–Trinajstić information content (AvgIpc) is 2.94. The van der Waals surface area contributed by atoms with Gasteiger partial charge in [0.2, 0.25) is 0 Å². The number of aryl methyl sites for hydroxylation is 2. The Morgan fingerprint density at radius 1 is 1.07 bits per heavy atom. The quantitative estimate of drug-likeness (QED) is 0.456. The maximum absolute atomic E-state index is 11.9. The summed E-state index contributed by atoms with van der Waals surface area (Å²) < 4.78 is 7.27. The zero-order chi connectivity index (χ0) is 19.4. The molecule has 0 saturated carbocycles. The van der Waals surface area contributed by atoms with Crippen LogP contribution < -0.4 is 0 Å². The molecule has 0 atom stereocenters. The highest BCUT2D eigenvalue weighted by Crippen LogP contribution is 2.22. The highest BCUT2D eigenvalue weighted by atomic mass is 16.5. The standard InChI is InChI=1S/C23H24N2O2/c1-5-27-23(26)19-9-7-10-21(14-19)24-15-20-13-17(3)25(18(20)4)22-11-6-8-16(2)12-22/h6-15H,5H2,1-4H3. The van der Waals surface area contributed by atoms with Crippen molar-refractivity contribution in [3.8, 4) is 5.69 Å². The predicted molar refractivity (Wildman–Crippen MR) is 110 cm³/mol. The molecule has 138 valence electrons. The van der Waals surface area contributed by atoms with E-state index in [0.29, 0.717) is 12.2 Å². The average molecular weight is 360 g/mol. The number of benzene rings is 2. The van der Waals surface area contributed by atoms with Crippen LogP contribution in [0.1, 0.15) is 39.8 Å². The van der Waals surface area contributed by atoms with Gasteiger partial charge in [0, 0.05) is 28.9 Å². The van der Waals surface area contributed by atoms with Gasteiger partial charge in [-0.1, -0.05) is 18.2 Å². The van der Waals surface area contributed by atoms with Crippen LogP contribution in [0.5, 0.6) is 0 Å². The predicted octanol–water partition coefficient (Wildman–Crippen LogP) is 5.33. The Labute approximate surface area is 160 Å². The van der Waals surface area contributed by atoms with Gasteiger partial charge in [0.15, 0.2) is 0 Å². The summed E-state index contributed by atoms with van der Waals surface area (Å²) in [5.41, 5.74) is 6.94. The van der Waals surface area contributed by atoms with Gasteiger partial charge in [-0.15, -0.1) is 0 Å². The fourth-order valence-electron chi connectivity index (χ4n) is 3.15. The number of aliphatic imine (C=N–C) groups is 1. The first-order valence-corrected chi connectivity index (χ1v) is 9.07. The molecular formula is C23H24N2O2. The summed E-state index contributed by atoms with van der Waals surface area (Å²) in [6.45, 7) is 8.43. The lowest BCUT2D eigenvalue weighted by atomic mass is 10.2. The maximum atomic E-state index is 11.9. The van der Waals surface area contributed by atoms with Gasteiger partial charge < -0.3 is 9.30 Å². The summed E-state index contributed by atoms with van der Waals surface area (Å²) in [6, 6.07) is 17.7. The summed E-state index contributed by atoms with van der Waals surface area (Å²) in [5, 5.41) is 0. The minimum atomic E-state index is -0.327. The first-order chi connectivity index (χ1) is 13.0. The number of carbonyl (C=O) groups is 1. The van der Waals surface area contributed by atoms with Crippen molar-refractivity contribution in [1.29, 1.82) is 0 Å². The fraction of sp³-hybridized carbons (Fsp3) is 0.217. The van der Waals surface area contributed by atoms with Gasteiger partial charge in [0.1, 0.15) is 0 Å². The molecule has 0 N–H and O–H groups in total. The molecule has 27 heavy (non-hydrogen) atoms. The van der Waals surface area contributed by atoms with Crippen molar-refractivity contribution in [2.75, 3.05) is 6.61 Å². The molecule has 0 saturated heterocycles. The van der Waals surface area contributed by atoms with Crippen molar-refractivity contribution in [2.24, 2.45) is 4.99 Å². The Morgan fingerprint density at radius 3 is 2.59 bits per heavy atom. The van der Waals surface area contributed by atoms with E-state index in [2.05, 4.69) is 60.7 Å². The minimum Gasteiger partial charge on any atom is -0.462 e. The summed E-state index contributed by atoms with van der Waals surface area (Å²) in [6.07, 6.45) is 1.85. The van der Waals surface area contributed by atoms with E-state index in [-0.39, 0.29) is 5.97 Å². The number of ether oxygens (including phenoxy) is 1. The monoisotopic (exact) mass is 360 g/mol. The molecule has 3 aromatic rings. The van der Waals surface area contributed by atoms with Crippen molar-refractivity contribution in [3.63, 3.8) is 0 Å². The molecule has 4 heteroatoms.